The lowest BCUT2D eigenvalue weighted by molar-refractivity contribution is -0.122. The Bertz CT molecular complexity index is 353. The van der Waals surface area contributed by atoms with E-state index in [1.807, 2.05) is 0 Å². The van der Waals surface area contributed by atoms with Crippen molar-refractivity contribution in [3.05, 3.63) is 24.3 Å². The number of nitrogens with one attached hydrogen (secondary N) is 1. The minimum atomic E-state index is -0.0480. The summed E-state index contributed by atoms with van der Waals surface area (Å²) in [5.41, 5.74) is 0. The van der Waals surface area contributed by atoms with Crippen molar-refractivity contribution in [3.8, 4) is 0 Å². The van der Waals surface area contributed by atoms with Crippen molar-refractivity contribution in [3.63, 3.8) is 0 Å². The van der Waals surface area contributed by atoms with E-state index in [0.717, 1.165) is 0 Å². The average Bonchev–Trinajstić information content (AvgIpc) is 2.75. The Labute approximate surface area is 88.4 Å². The van der Waals surface area contributed by atoms with Crippen LogP contribution in [0.3, 0.4) is 0 Å². The Morgan fingerprint density at radius 2 is 2.27 bits per heavy atom. The van der Waals surface area contributed by atoms with Crippen LogP contribution in [-0.4, -0.2) is 21.5 Å². The highest BCUT2D eigenvalue weighted by atomic mass is 16.1. The SMILES string of the molecule is CCC(=O)CCC(=O)/C=C/c1ncc[nH]1. The molecule has 4 heteroatoms. The number of allylic oxidation sites excluding steroid dienone is 1. The molecule has 1 heterocycles. The number of nitrogens with zero attached hydrogens (tertiary/aromatic N) is 1. The molecule has 0 aliphatic carbocycles. The smallest absolute Gasteiger partial charge is 0.156 e. The quantitative estimate of drug-likeness (QED) is 0.721. The minimum absolute atomic E-state index is 0.0480. The van der Waals surface area contributed by atoms with E-state index in [4.69, 9.17) is 0 Å². The maximum absolute atomic E-state index is 11.3. The number of aromatic nitrogens is 2. The number of Topliss-reactive ketones (excluding diaryl/α,β-unsaturated/α-hetero) is 1. The molecule has 0 unspecified atom stereocenters. The molecule has 0 aliphatic heterocycles. The molecule has 0 fully saturated rings. The molecule has 1 aromatic rings. The van der Waals surface area contributed by atoms with Gasteiger partial charge in [0.1, 0.15) is 11.6 Å². The molecule has 0 spiro atoms. The molecule has 0 atom stereocenters. The van der Waals surface area contributed by atoms with Crippen molar-refractivity contribution in [2.45, 2.75) is 26.2 Å². The molecule has 0 saturated heterocycles. The number of hydrogen-bond acceptors (Lipinski definition) is 3. The van der Waals surface area contributed by atoms with E-state index < -0.39 is 0 Å². The summed E-state index contributed by atoms with van der Waals surface area (Å²) in [5.74, 6) is 0.716. The van der Waals surface area contributed by atoms with Crippen molar-refractivity contribution in [1.29, 1.82) is 0 Å². The van der Waals surface area contributed by atoms with Crippen molar-refractivity contribution >= 4 is 17.6 Å². The Kier molecular flexibility index (Phi) is 4.47. The molecule has 0 aromatic carbocycles. The van der Waals surface area contributed by atoms with Gasteiger partial charge in [-0.25, -0.2) is 4.98 Å². The van der Waals surface area contributed by atoms with Gasteiger partial charge in [-0.1, -0.05) is 6.92 Å². The van der Waals surface area contributed by atoms with Gasteiger partial charge in [-0.15, -0.1) is 0 Å². The van der Waals surface area contributed by atoms with Crippen molar-refractivity contribution in [2.24, 2.45) is 0 Å². The van der Waals surface area contributed by atoms with Gasteiger partial charge < -0.3 is 4.98 Å². The number of H-pyrrole nitrogens is 1. The number of rotatable bonds is 6. The third kappa shape index (κ3) is 4.35. The Hall–Kier alpha value is -1.71. The first kappa shape index (κ1) is 11.4. The first-order chi connectivity index (χ1) is 7.22. The highest BCUT2D eigenvalue weighted by molar-refractivity contribution is 5.95. The molecule has 15 heavy (non-hydrogen) atoms. The van der Waals surface area contributed by atoms with Gasteiger partial charge in [0, 0.05) is 31.7 Å². The third-order valence-corrected chi connectivity index (χ3v) is 1.99. The maximum Gasteiger partial charge on any atom is 0.156 e. The summed E-state index contributed by atoms with van der Waals surface area (Å²) < 4.78 is 0. The fourth-order valence-electron chi connectivity index (χ4n) is 1.06. The molecule has 1 aromatic heterocycles. The van der Waals surface area contributed by atoms with Gasteiger partial charge >= 0.3 is 0 Å². The van der Waals surface area contributed by atoms with Crippen molar-refractivity contribution in [1.82, 2.24) is 9.97 Å². The first-order valence-electron chi connectivity index (χ1n) is 4.94. The number of carbonyl (C=O) groups is 2. The second-order valence-corrected chi connectivity index (χ2v) is 3.17. The van der Waals surface area contributed by atoms with Crippen LogP contribution in [0.2, 0.25) is 0 Å². The van der Waals surface area contributed by atoms with Crippen molar-refractivity contribution < 1.29 is 9.59 Å². The van der Waals surface area contributed by atoms with Crippen LogP contribution in [0, 0.1) is 0 Å². The summed E-state index contributed by atoms with van der Waals surface area (Å²) in [7, 11) is 0. The summed E-state index contributed by atoms with van der Waals surface area (Å²) in [4.78, 5) is 29.0. The Morgan fingerprint density at radius 3 is 2.87 bits per heavy atom. The van der Waals surface area contributed by atoms with E-state index in [1.165, 1.54) is 6.08 Å². The molecule has 0 amide bonds. The second kappa shape index (κ2) is 5.90. The van der Waals surface area contributed by atoms with Crippen LogP contribution >= 0.6 is 0 Å². The number of ketones is 2. The predicted molar refractivity (Wildman–Crippen MR) is 57.2 cm³/mol. The van der Waals surface area contributed by atoms with E-state index in [2.05, 4.69) is 9.97 Å². The summed E-state index contributed by atoms with van der Waals surface area (Å²) in [6.45, 7) is 1.80. The summed E-state index contributed by atoms with van der Waals surface area (Å²) in [5, 5.41) is 0. The predicted octanol–water partition coefficient (Wildman–Crippen LogP) is 1.75. The molecule has 1 N–H and O–H groups in total. The average molecular weight is 206 g/mol. The van der Waals surface area contributed by atoms with Crippen LogP contribution in [0.25, 0.3) is 6.08 Å². The fourth-order valence-corrected chi connectivity index (χ4v) is 1.06. The standard InChI is InChI=1S/C11H14N2O2/c1-2-9(14)3-4-10(15)5-6-11-12-7-8-13-11/h5-8H,2-4H2,1H3,(H,12,13)/b6-5+. The minimum Gasteiger partial charge on any atom is -0.345 e. The Morgan fingerprint density at radius 1 is 1.47 bits per heavy atom. The highest BCUT2D eigenvalue weighted by Gasteiger charge is 2.02. The topological polar surface area (TPSA) is 62.8 Å². The number of aromatic amines is 1. The fraction of sp³-hybridized carbons (Fsp3) is 0.364. The Balaban J connectivity index is 2.33. The number of hydrogen-bond donors (Lipinski definition) is 1. The van der Waals surface area contributed by atoms with E-state index >= 15 is 0 Å². The van der Waals surface area contributed by atoms with Crippen molar-refractivity contribution in [2.75, 3.05) is 0 Å². The van der Waals surface area contributed by atoms with Gasteiger partial charge in [0.05, 0.1) is 0 Å². The van der Waals surface area contributed by atoms with E-state index in [1.54, 1.807) is 25.4 Å². The van der Waals surface area contributed by atoms with Gasteiger partial charge in [-0.2, -0.15) is 0 Å². The largest absolute Gasteiger partial charge is 0.345 e. The molecule has 1 rings (SSSR count). The summed E-state index contributed by atoms with van der Waals surface area (Å²) >= 11 is 0. The molecule has 0 aliphatic rings. The van der Waals surface area contributed by atoms with Gasteiger partial charge in [-0.3, -0.25) is 9.59 Å². The van der Waals surface area contributed by atoms with Crippen LogP contribution < -0.4 is 0 Å². The van der Waals surface area contributed by atoms with Crippen LogP contribution in [0.4, 0.5) is 0 Å². The molecule has 0 bridgehead atoms. The van der Waals surface area contributed by atoms with Gasteiger partial charge in [0.15, 0.2) is 5.78 Å². The normalized spacial score (nSPS) is 10.7. The lowest BCUT2D eigenvalue weighted by Crippen LogP contribution is -2.00. The zero-order valence-corrected chi connectivity index (χ0v) is 8.69. The van der Waals surface area contributed by atoms with Crippen LogP contribution in [-0.2, 0) is 9.59 Å². The summed E-state index contributed by atoms with van der Waals surface area (Å²) in [6, 6.07) is 0. The molecule has 80 valence electrons. The first-order valence-corrected chi connectivity index (χ1v) is 4.94. The van der Waals surface area contributed by atoms with E-state index in [9.17, 15) is 9.59 Å². The zero-order valence-electron chi connectivity index (χ0n) is 8.69. The van der Waals surface area contributed by atoms with Crippen LogP contribution in [0.15, 0.2) is 18.5 Å². The monoisotopic (exact) mass is 206 g/mol. The molecule has 4 nitrogen and oxygen atoms in total. The maximum atomic E-state index is 11.3. The van der Waals surface area contributed by atoms with Gasteiger partial charge in [0.2, 0.25) is 0 Å². The highest BCUT2D eigenvalue weighted by Crippen LogP contribution is 1.99. The lowest BCUT2D eigenvalue weighted by atomic mass is 10.1. The van der Waals surface area contributed by atoms with Gasteiger partial charge in [-0.05, 0) is 12.2 Å². The second-order valence-electron chi connectivity index (χ2n) is 3.17. The molecule has 0 radical (unpaired) electrons. The molecular formula is C11H14N2O2. The molecular weight excluding hydrogens is 192 g/mol. The van der Waals surface area contributed by atoms with Crippen LogP contribution in [0.5, 0.6) is 0 Å². The number of imidazole rings is 1. The van der Waals surface area contributed by atoms with Crippen LogP contribution in [0.1, 0.15) is 32.0 Å². The van der Waals surface area contributed by atoms with E-state index in [0.29, 0.717) is 18.7 Å². The van der Waals surface area contributed by atoms with E-state index in [-0.39, 0.29) is 18.0 Å². The summed E-state index contributed by atoms with van der Waals surface area (Å²) in [6.07, 6.45) is 7.47. The van der Waals surface area contributed by atoms with Gasteiger partial charge in [0.25, 0.3) is 0 Å². The lowest BCUT2D eigenvalue weighted by Gasteiger charge is -1.93. The molecule has 0 saturated carbocycles. The number of carbonyl (C=O) groups excluding carboxylic acids is 2. The zero-order chi connectivity index (χ0) is 11.1. The third-order valence-electron chi connectivity index (χ3n) is 1.99.